The van der Waals surface area contributed by atoms with Gasteiger partial charge in [0.2, 0.25) is 0 Å². The number of para-hydroxylation sites is 1. The van der Waals surface area contributed by atoms with E-state index in [2.05, 4.69) is 0 Å². The minimum Gasteiger partial charge on any atom is -0.478 e. The molecule has 0 bridgehead atoms. The van der Waals surface area contributed by atoms with Crippen LogP contribution in [-0.4, -0.2) is 11.1 Å². The quantitative estimate of drug-likeness (QED) is 0.403. The van der Waals surface area contributed by atoms with Gasteiger partial charge in [0.1, 0.15) is 11.3 Å². The van der Waals surface area contributed by atoms with E-state index < -0.39 is 5.97 Å². The number of aliphatic carboxylic acids is 1. The fourth-order valence-electron chi connectivity index (χ4n) is 3.10. The number of fused-ring (bicyclic) bond motifs is 1. The molecule has 0 aliphatic rings. The zero-order chi connectivity index (χ0) is 19.5. The molecule has 0 aliphatic carbocycles. The largest absolute Gasteiger partial charge is 0.478 e. The molecule has 0 saturated carbocycles. The minimum atomic E-state index is -1.09. The van der Waals surface area contributed by atoms with Gasteiger partial charge >= 0.3 is 5.97 Å². The van der Waals surface area contributed by atoms with Gasteiger partial charge in [-0.2, -0.15) is 0 Å². The van der Waals surface area contributed by atoms with Crippen LogP contribution < -0.4 is 5.43 Å². The van der Waals surface area contributed by atoms with E-state index in [1.807, 2.05) is 60.7 Å². The predicted octanol–water partition coefficient (Wildman–Crippen LogP) is 5.09. The van der Waals surface area contributed by atoms with Gasteiger partial charge in [0.25, 0.3) is 0 Å². The molecule has 4 nitrogen and oxygen atoms in total. The van der Waals surface area contributed by atoms with Crippen molar-refractivity contribution in [3.8, 4) is 11.3 Å². The average molecular weight is 368 g/mol. The third kappa shape index (κ3) is 3.35. The van der Waals surface area contributed by atoms with Gasteiger partial charge in [-0.15, -0.1) is 0 Å². The van der Waals surface area contributed by atoms with Gasteiger partial charge in [-0.3, -0.25) is 4.79 Å². The predicted molar refractivity (Wildman–Crippen MR) is 110 cm³/mol. The van der Waals surface area contributed by atoms with E-state index in [-0.39, 0.29) is 16.6 Å². The Morgan fingerprint density at radius 2 is 1.54 bits per heavy atom. The first-order valence-corrected chi connectivity index (χ1v) is 8.76. The van der Waals surface area contributed by atoms with Crippen molar-refractivity contribution < 1.29 is 14.3 Å². The van der Waals surface area contributed by atoms with Crippen molar-refractivity contribution in [2.45, 2.75) is 0 Å². The molecule has 3 aromatic carbocycles. The second-order valence-electron chi connectivity index (χ2n) is 6.30. The summed E-state index contributed by atoms with van der Waals surface area (Å²) >= 11 is 0. The highest BCUT2D eigenvalue weighted by atomic mass is 16.4. The van der Waals surface area contributed by atoms with E-state index in [1.165, 1.54) is 6.07 Å². The molecule has 0 saturated heterocycles. The van der Waals surface area contributed by atoms with Gasteiger partial charge < -0.3 is 9.52 Å². The molecular weight excluding hydrogens is 352 g/mol. The number of carbonyl (C=O) groups is 1. The van der Waals surface area contributed by atoms with Crippen LogP contribution in [0.2, 0.25) is 0 Å². The lowest BCUT2D eigenvalue weighted by Gasteiger charge is -2.09. The van der Waals surface area contributed by atoms with Crippen molar-refractivity contribution in [3.05, 3.63) is 106 Å². The molecule has 1 heterocycles. The van der Waals surface area contributed by atoms with Gasteiger partial charge in [-0.1, -0.05) is 72.8 Å². The maximum absolute atomic E-state index is 12.6. The standard InChI is InChI=1S/C24H16O4/c25-21-15-22(17-10-5-2-6-11-17)28-23-18(12-7-13-19(21)23)20(24(26)27)14-16-8-3-1-4-9-16/h1-15H,(H,26,27)/b20-14-. The van der Waals surface area contributed by atoms with E-state index in [9.17, 15) is 14.7 Å². The lowest BCUT2D eigenvalue weighted by Crippen LogP contribution is -2.05. The van der Waals surface area contributed by atoms with Crippen LogP contribution >= 0.6 is 0 Å². The molecule has 0 spiro atoms. The van der Waals surface area contributed by atoms with E-state index >= 15 is 0 Å². The molecule has 0 radical (unpaired) electrons. The second-order valence-corrected chi connectivity index (χ2v) is 6.30. The molecule has 4 aromatic rings. The van der Waals surface area contributed by atoms with E-state index in [0.29, 0.717) is 16.7 Å². The Morgan fingerprint density at radius 3 is 2.21 bits per heavy atom. The van der Waals surface area contributed by atoms with Crippen LogP contribution in [0, 0.1) is 0 Å². The summed E-state index contributed by atoms with van der Waals surface area (Å²) in [6.45, 7) is 0. The molecule has 28 heavy (non-hydrogen) atoms. The van der Waals surface area contributed by atoms with Gasteiger partial charge in [0.05, 0.1) is 11.0 Å². The number of carboxylic acids is 1. The Balaban J connectivity index is 1.98. The molecule has 136 valence electrons. The SMILES string of the molecule is O=C(O)/C(=C\c1ccccc1)c1cccc2c(=O)cc(-c3ccccc3)oc12. The van der Waals surface area contributed by atoms with Crippen molar-refractivity contribution >= 4 is 28.6 Å². The molecule has 4 rings (SSSR count). The maximum atomic E-state index is 12.6. The first-order chi connectivity index (χ1) is 13.6. The van der Waals surface area contributed by atoms with Crippen LogP contribution in [0.5, 0.6) is 0 Å². The molecule has 0 amide bonds. The van der Waals surface area contributed by atoms with Crippen molar-refractivity contribution in [3.63, 3.8) is 0 Å². The summed E-state index contributed by atoms with van der Waals surface area (Å²) in [5.41, 5.74) is 1.97. The first-order valence-electron chi connectivity index (χ1n) is 8.76. The topological polar surface area (TPSA) is 67.5 Å². The molecular formula is C24H16O4. The Labute approximate surface area is 161 Å². The van der Waals surface area contributed by atoms with E-state index in [1.54, 1.807) is 24.3 Å². The second kappa shape index (κ2) is 7.37. The van der Waals surface area contributed by atoms with Crippen molar-refractivity contribution in [2.75, 3.05) is 0 Å². The van der Waals surface area contributed by atoms with Crippen LogP contribution in [0.3, 0.4) is 0 Å². The maximum Gasteiger partial charge on any atom is 0.336 e. The summed E-state index contributed by atoms with van der Waals surface area (Å²) in [7, 11) is 0. The number of hydrogen-bond acceptors (Lipinski definition) is 3. The molecule has 0 atom stereocenters. The summed E-state index contributed by atoms with van der Waals surface area (Å²) in [5, 5.41) is 10.2. The first kappa shape index (κ1) is 17.5. The lowest BCUT2D eigenvalue weighted by atomic mass is 10.00. The highest BCUT2D eigenvalue weighted by Crippen LogP contribution is 2.29. The van der Waals surface area contributed by atoms with Crippen LogP contribution in [0.1, 0.15) is 11.1 Å². The fourth-order valence-corrected chi connectivity index (χ4v) is 3.10. The lowest BCUT2D eigenvalue weighted by molar-refractivity contribution is -0.130. The van der Waals surface area contributed by atoms with E-state index in [4.69, 9.17) is 4.42 Å². The van der Waals surface area contributed by atoms with Crippen LogP contribution in [0.4, 0.5) is 0 Å². The zero-order valence-corrected chi connectivity index (χ0v) is 14.8. The molecule has 4 heteroatoms. The van der Waals surface area contributed by atoms with Gasteiger partial charge in [0, 0.05) is 17.2 Å². The zero-order valence-electron chi connectivity index (χ0n) is 14.8. The van der Waals surface area contributed by atoms with Crippen molar-refractivity contribution in [2.24, 2.45) is 0 Å². The molecule has 0 aliphatic heterocycles. The fraction of sp³-hybridized carbons (Fsp3) is 0. The number of hydrogen-bond donors (Lipinski definition) is 1. The van der Waals surface area contributed by atoms with Crippen molar-refractivity contribution in [1.29, 1.82) is 0 Å². The number of benzene rings is 3. The summed E-state index contributed by atoms with van der Waals surface area (Å²) in [6, 6.07) is 24.8. The molecule has 0 unspecified atom stereocenters. The normalized spacial score (nSPS) is 11.5. The summed E-state index contributed by atoms with van der Waals surface area (Å²) in [5.74, 6) is -0.695. The average Bonchev–Trinajstić information content (AvgIpc) is 2.73. The van der Waals surface area contributed by atoms with Crippen LogP contribution in [0.25, 0.3) is 33.9 Å². The minimum absolute atomic E-state index is 0.0603. The molecule has 1 aromatic heterocycles. The molecule has 0 fully saturated rings. The monoisotopic (exact) mass is 368 g/mol. The number of carboxylic acid groups (broad SMARTS) is 1. The van der Waals surface area contributed by atoms with Gasteiger partial charge in [-0.25, -0.2) is 4.79 Å². The highest BCUT2D eigenvalue weighted by molar-refractivity contribution is 6.23. The van der Waals surface area contributed by atoms with Crippen LogP contribution in [-0.2, 0) is 4.79 Å². The van der Waals surface area contributed by atoms with Gasteiger partial charge in [0.15, 0.2) is 5.43 Å². The third-order valence-corrected chi connectivity index (χ3v) is 4.44. The van der Waals surface area contributed by atoms with E-state index in [0.717, 1.165) is 11.1 Å². The Morgan fingerprint density at radius 1 is 0.857 bits per heavy atom. The van der Waals surface area contributed by atoms with Crippen molar-refractivity contribution in [1.82, 2.24) is 0 Å². The van der Waals surface area contributed by atoms with Gasteiger partial charge in [-0.05, 0) is 17.7 Å². The summed E-state index contributed by atoms with van der Waals surface area (Å²) in [4.78, 5) is 24.6. The Kier molecular flexibility index (Phi) is 4.60. The summed E-state index contributed by atoms with van der Waals surface area (Å²) in [6.07, 6.45) is 1.58. The highest BCUT2D eigenvalue weighted by Gasteiger charge is 2.17. The van der Waals surface area contributed by atoms with Crippen LogP contribution in [0.15, 0.2) is 94.1 Å². The summed E-state index contributed by atoms with van der Waals surface area (Å²) < 4.78 is 6.02. The number of rotatable bonds is 4. The third-order valence-electron chi connectivity index (χ3n) is 4.44. The Bertz CT molecular complexity index is 1240. The Hall–Kier alpha value is -3.92. The smallest absolute Gasteiger partial charge is 0.336 e. The molecule has 1 N–H and O–H groups in total.